The zero-order chi connectivity index (χ0) is 13.3. The van der Waals surface area contributed by atoms with Crippen molar-refractivity contribution in [2.75, 3.05) is 0 Å². The minimum atomic E-state index is -4.50. The van der Waals surface area contributed by atoms with Crippen LogP contribution >= 0.6 is 11.3 Å². The first kappa shape index (κ1) is 13.0. The highest BCUT2D eigenvalue weighted by Crippen LogP contribution is 2.37. The van der Waals surface area contributed by atoms with E-state index in [1.54, 1.807) is 18.4 Å². The smallest absolute Gasteiger partial charge is 0.383 e. The van der Waals surface area contributed by atoms with Gasteiger partial charge in [0.1, 0.15) is 6.10 Å². The molecule has 0 aromatic carbocycles. The average Bonchev–Trinajstić information content (AvgIpc) is 2.73. The summed E-state index contributed by atoms with van der Waals surface area (Å²) < 4.78 is 38.4. The second-order valence-corrected chi connectivity index (χ2v) is 4.78. The summed E-state index contributed by atoms with van der Waals surface area (Å²) in [5.74, 6) is 0. The molecule has 0 fully saturated rings. The molecule has 0 radical (unpaired) electrons. The van der Waals surface area contributed by atoms with Gasteiger partial charge in [-0.15, -0.1) is 11.3 Å². The van der Waals surface area contributed by atoms with Gasteiger partial charge in [0.25, 0.3) is 0 Å². The summed E-state index contributed by atoms with van der Waals surface area (Å²) in [5, 5.41) is 11.8. The van der Waals surface area contributed by atoms with Gasteiger partial charge in [0.2, 0.25) is 0 Å². The SMILES string of the molecule is Cc1ccsc1C(O)c1cnccc1C(F)(F)F. The van der Waals surface area contributed by atoms with Crippen LogP contribution in [0.5, 0.6) is 0 Å². The third-order valence-corrected chi connectivity index (χ3v) is 3.67. The maximum Gasteiger partial charge on any atom is 0.416 e. The lowest BCUT2D eigenvalue weighted by molar-refractivity contribution is -0.139. The number of aliphatic hydroxyl groups is 1. The van der Waals surface area contributed by atoms with E-state index in [-0.39, 0.29) is 5.56 Å². The zero-order valence-corrected chi connectivity index (χ0v) is 10.2. The van der Waals surface area contributed by atoms with E-state index in [2.05, 4.69) is 4.98 Å². The molecule has 1 unspecified atom stereocenters. The molecule has 0 saturated carbocycles. The van der Waals surface area contributed by atoms with Crippen molar-refractivity contribution in [3.63, 3.8) is 0 Å². The summed E-state index contributed by atoms with van der Waals surface area (Å²) in [6, 6.07) is 2.63. The molecule has 1 atom stereocenters. The van der Waals surface area contributed by atoms with Crippen LogP contribution in [0.15, 0.2) is 29.9 Å². The molecule has 1 N–H and O–H groups in total. The van der Waals surface area contributed by atoms with Crippen molar-refractivity contribution < 1.29 is 18.3 Å². The van der Waals surface area contributed by atoms with Crippen LogP contribution in [-0.2, 0) is 6.18 Å². The molecule has 96 valence electrons. The highest BCUT2D eigenvalue weighted by atomic mass is 32.1. The number of hydrogen-bond acceptors (Lipinski definition) is 3. The van der Waals surface area contributed by atoms with E-state index < -0.39 is 17.8 Å². The van der Waals surface area contributed by atoms with Crippen molar-refractivity contribution in [2.24, 2.45) is 0 Å². The second kappa shape index (κ2) is 4.70. The van der Waals surface area contributed by atoms with Crippen LogP contribution in [0.25, 0.3) is 0 Å². The third-order valence-electron chi connectivity index (χ3n) is 2.60. The molecule has 18 heavy (non-hydrogen) atoms. The van der Waals surface area contributed by atoms with Crippen LogP contribution in [-0.4, -0.2) is 10.1 Å². The Morgan fingerprint density at radius 1 is 1.33 bits per heavy atom. The average molecular weight is 273 g/mol. The highest BCUT2D eigenvalue weighted by Gasteiger charge is 2.35. The van der Waals surface area contributed by atoms with Gasteiger partial charge in [0.15, 0.2) is 0 Å². The van der Waals surface area contributed by atoms with Gasteiger partial charge in [-0.3, -0.25) is 4.98 Å². The van der Waals surface area contributed by atoms with Gasteiger partial charge in [-0.1, -0.05) is 0 Å². The summed E-state index contributed by atoms with van der Waals surface area (Å²) in [5.41, 5.74) is -0.294. The zero-order valence-electron chi connectivity index (χ0n) is 9.40. The molecule has 0 amide bonds. The minimum Gasteiger partial charge on any atom is -0.383 e. The maximum atomic E-state index is 12.8. The number of nitrogens with zero attached hydrogens (tertiary/aromatic N) is 1. The number of thiophene rings is 1. The molecule has 0 aliphatic heterocycles. The van der Waals surface area contributed by atoms with Crippen molar-refractivity contribution >= 4 is 11.3 Å². The fraction of sp³-hybridized carbons (Fsp3) is 0.250. The van der Waals surface area contributed by atoms with Crippen LogP contribution in [0.4, 0.5) is 13.2 Å². The van der Waals surface area contributed by atoms with E-state index in [0.29, 0.717) is 4.88 Å². The molecule has 2 heterocycles. The van der Waals surface area contributed by atoms with Gasteiger partial charge in [0.05, 0.1) is 5.56 Å². The lowest BCUT2D eigenvalue weighted by Gasteiger charge is -2.16. The van der Waals surface area contributed by atoms with E-state index in [0.717, 1.165) is 24.0 Å². The Morgan fingerprint density at radius 2 is 2.06 bits per heavy atom. The summed E-state index contributed by atoms with van der Waals surface area (Å²) >= 11 is 1.23. The maximum absolute atomic E-state index is 12.8. The Morgan fingerprint density at radius 3 is 2.61 bits per heavy atom. The molecular weight excluding hydrogens is 263 g/mol. The standard InChI is InChI=1S/C12H10F3NOS/c1-7-3-5-18-11(7)10(17)8-6-16-4-2-9(8)12(13,14)15/h2-6,10,17H,1H3. The first-order chi connectivity index (χ1) is 8.41. The van der Waals surface area contributed by atoms with Gasteiger partial charge < -0.3 is 5.11 Å². The third kappa shape index (κ3) is 2.39. The van der Waals surface area contributed by atoms with Crippen LogP contribution < -0.4 is 0 Å². The summed E-state index contributed by atoms with van der Waals surface area (Å²) in [7, 11) is 0. The molecule has 0 saturated heterocycles. The fourth-order valence-electron chi connectivity index (χ4n) is 1.69. The Labute approximate surface area is 106 Å². The second-order valence-electron chi connectivity index (χ2n) is 3.83. The van der Waals surface area contributed by atoms with Crippen molar-refractivity contribution in [2.45, 2.75) is 19.2 Å². The fourth-order valence-corrected chi connectivity index (χ4v) is 2.62. The molecule has 0 spiro atoms. The predicted molar refractivity (Wildman–Crippen MR) is 62.4 cm³/mol. The van der Waals surface area contributed by atoms with E-state index in [9.17, 15) is 18.3 Å². The Balaban J connectivity index is 2.49. The van der Waals surface area contributed by atoms with Crippen LogP contribution in [0.3, 0.4) is 0 Å². The van der Waals surface area contributed by atoms with E-state index in [1.807, 2.05) is 0 Å². The first-order valence-electron chi connectivity index (χ1n) is 5.14. The van der Waals surface area contributed by atoms with Crippen molar-refractivity contribution in [1.29, 1.82) is 0 Å². The molecule has 0 aliphatic rings. The molecule has 2 nitrogen and oxygen atoms in total. The van der Waals surface area contributed by atoms with Gasteiger partial charge >= 0.3 is 6.18 Å². The van der Waals surface area contributed by atoms with Crippen LogP contribution in [0, 0.1) is 6.92 Å². The lowest BCUT2D eigenvalue weighted by atomic mass is 10.0. The van der Waals surface area contributed by atoms with Gasteiger partial charge in [-0.25, -0.2) is 0 Å². The first-order valence-corrected chi connectivity index (χ1v) is 6.02. The van der Waals surface area contributed by atoms with E-state index in [4.69, 9.17) is 0 Å². The number of hydrogen-bond donors (Lipinski definition) is 1. The van der Waals surface area contributed by atoms with Gasteiger partial charge in [-0.05, 0) is 30.0 Å². The van der Waals surface area contributed by atoms with Gasteiger partial charge in [-0.2, -0.15) is 13.2 Å². The summed E-state index contributed by atoms with van der Waals surface area (Å²) in [6.45, 7) is 1.75. The lowest BCUT2D eigenvalue weighted by Crippen LogP contribution is -2.13. The van der Waals surface area contributed by atoms with Crippen LogP contribution in [0.1, 0.15) is 27.7 Å². The molecule has 2 rings (SSSR count). The van der Waals surface area contributed by atoms with E-state index in [1.165, 1.54) is 11.3 Å². The predicted octanol–water partition coefficient (Wildman–Crippen LogP) is 3.55. The van der Waals surface area contributed by atoms with Crippen molar-refractivity contribution in [3.8, 4) is 0 Å². The number of aliphatic hydroxyl groups excluding tert-OH is 1. The largest absolute Gasteiger partial charge is 0.416 e. The topological polar surface area (TPSA) is 33.1 Å². The van der Waals surface area contributed by atoms with Crippen molar-refractivity contribution in [3.05, 3.63) is 51.5 Å². The molecule has 2 aromatic rings. The molecule has 2 aromatic heterocycles. The molecular formula is C12H10F3NOS. The number of halogens is 3. The number of aromatic nitrogens is 1. The van der Waals surface area contributed by atoms with Crippen molar-refractivity contribution in [1.82, 2.24) is 4.98 Å². The molecule has 0 bridgehead atoms. The monoisotopic (exact) mass is 273 g/mol. The number of pyridine rings is 1. The Kier molecular flexibility index (Phi) is 3.41. The number of rotatable bonds is 2. The number of aryl methyl sites for hydroxylation is 1. The Hall–Kier alpha value is -1.40. The Bertz CT molecular complexity index is 550. The normalized spacial score (nSPS) is 13.6. The minimum absolute atomic E-state index is 0.212. The molecule has 6 heteroatoms. The molecule has 0 aliphatic carbocycles. The summed E-state index contributed by atoms with van der Waals surface area (Å²) in [6.07, 6.45) is -3.66. The van der Waals surface area contributed by atoms with Gasteiger partial charge in [0, 0.05) is 22.8 Å². The van der Waals surface area contributed by atoms with E-state index >= 15 is 0 Å². The van der Waals surface area contributed by atoms with Crippen LogP contribution in [0.2, 0.25) is 0 Å². The quantitative estimate of drug-likeness (QED) is 0.907. The highest BCUT2D eigenvalue weighted by molar-refractivity contribution is 7.10. The summed E-state index contributed by atoms with van der Waals surface area (Å²) in [4.78, 5) is 4.17. The number of alkyl halides is 3.